The van der Waals surface area contributed by atoms with Gasteiger partial charge in [0.1, 0.15) is 0 Å². The van der Waals surface area contributed by atoms with Crippen molar-refractivity contribution in [3.63, 3.8) is 0 Å². The fraction of sp³-hybridized carbons (Fsp3) is 0.548. The molecular formula is C31H41F3O3Si. The van der Waals surface area contributed by atoms with Crippen molar-refractivity contribution >= 4 is 18.7 Å². The first-order chi connectivity index (χ1) is 18.1. The zero-order valence-electron chi connectivity index (χ0n) is 22.9. The summed E-state index contributed by atoms with van der Waals surface area (Å²) in [7, 11) is -2.81. The van der Waals surface area contributed by atoms with Crippen molar-refractivity contribution in [2.75, 3.05) is 13.2 Å². The molecule has 0 aromatic heterocycles. The molecule has 0 radical (unpaired) electrons. The molecule has 1 aliphatic rings. The number of alkyl halides is 3. The quantitative estimate of drug-likeness (QED) is 0.173. The summed E-state index contributed by atoms with van der Waals surface area (Å²) >= 11 is 0. The van der Waals surface area contributed by atoms with Gasteiger partial charge in [0.05, 0.1) is 12.7 Å². The molecule has 7 heteroatoms. The molecular weight excluding hydrogens is 505 g/mol. The lowest BCUT2D eigenvalue weighted by Gasteiger charge is -2.45. The fourth-order valence-electron chi connectivity index (χ4n) is 4.95. The number of unbranched alkanes of at least 4 members (excludes halogenated alkanes) is 2. The van der Waals surface area contributed by atoms with Crippen molar-refractivity contribution in [3.05, 3.63) is 60.7 Å². The van der Waals surface area contributed by atoms with Crippen LogP contribution in [0.15, 0.2) is 60.7 Å². The summed E-state index contributed by atoms with van der Waals surface area (Å²) in [6.45, 7) is 7.73. The normalized spacial score (nSPS) is 17.5. The van der Waals surface area contributed by atoms with Crippen LogP contribution in [0.5, 0.6) is 0 Å². The number of hydrogen-bond acceptors (Lipinski definition) is 3. The molecule has 3 rings (SSSR count). The Hall–Kier alpha value is -2.11. The van der Waals surface area contributed by atoms with Crippen LogP contribution in [0.25, 0.3) is 0 Å². The molecule has 0 N–H and O–H groups in total. The molecule has 2 atom stereocenters. The molecule has 0 saturated carbocycles. The van der Waals surface area contributed by atoms with Gasteiger partial charge in [-0.05, 0) is 47.5 Å². The van der Waals surface area contributed by atoms with Crippen LogP contribution in [0, 0.1) is 11.8 Å². The zero-order valence-corrected chi connectivity index (χ0v) is 23.9. The minimum Gasteiger partial charge on any atom is -0.401 e. The third-order valence-corrected chi connectivity index (χ3v) is 11.9. The fourth-order valence-corrected chi connectivity index (χ4v) is 9.61. The molecule has 38 heavy (non-hydrogen) atoms. The molecule has 1 fully saturated rings. The zero-order chi connectivity index (χ0) is 27.5. The van der Waals surface area contributed by atoms with Crippen LogP contribution in [-0.2, 0) is 13.9 Å². The molecule has 2 aromatic rings. The van der Waals surface area contributed by atoms with Gasteiger partial charge >= 0.3 is 6.18 Å². The van der Waals surface area contributed by atoms with Crippen molar-refractivity contribution in [2.45, 2.75) is 95.7 Å². The van der Waals surface area contributed by atoms with Crippen molar-refractivity contribution in [1.82, 2.24) is 0 Å². The Bertz CT molecular complexity index is 964. The van der Waals surface area contributed by atoms with E-state index < -0.39 is 20.9 Å². The summed E-state index contributed by atoms with van der Waals surface area (Å²) in [5.41, 5.74) is 0. The van der Waals surface area contributed by atoms with E-state index in [2.05, 4.69) is 81.1 Å². The predicted octanol–water partition coefficient (Wildman–Crippen LogP) is 6.99. The van der Waals surface area contributed by atoms with Crippen molar-refractivity contribution in [2.24, 2.45) is 0 Å². The van der Waals surface area contributed by atoms with E-state index in [1.807, 2.05) is 12.1 Å². The van der Waals surface area contributed by atoms with Crippen LogP contribution in [0.4, 0.5) is 13.2 Å². The average molecular weight is 547 g/mol. The molecule has 1 heterocycles. The topological polar surface area (TPSA) is 27.7 Å². The first-order valence-electron chi connectivity index (χ1n) is 13.7. The van der Waals surface area contributed by atoms with Crippen LogP contribution >= 0.6 is 0 Å². The minimum absolute atomic E-state index is 0.0995. The maximum Gasteiger partial charge on any atom is 0.389 e. The molecule has 208 valence electrons. The Kier molecular flexibility index (Phi) is 11.5. The smallest absolute Gasteiger partial charge is 0.389 e. The van der Waals surface area contributed by atoms with Gasteiger partial charge in [0.2, 0.25) is 0 Å². The number of benzene rings is 2. The van der Waals surface area contributed by atoms with Crippen molar-refractivity contribution in [1.29, 1.82) is 0 Å². The van der Waals surface area contributed by atoms with Gasteiger partial charge in [-0.15, -0.1) is 11.8 Å². The molecule has 3 nitrogen and oxygen atoms in total. The molecule has 1 aliphatic heterocycles. The third kappa shape index (κ3) is 8.98. The molecule has 0 bridgehead atoms. The highest BCUT2D eigenvalue weighted by Crippen LogP contribution is 2.38. The maximum atomic E-state index is 12.4. The first kappa shape index (κ1) is 30.4. The highest BCUT2D eigenvalue weighted by Gasteiger charge is 2.51. The van der Waals surface area contributed by atoms with Crippen LogP contribution < -0.4 is 10.4 Å². The van der Waals surface area contributed by atoms with Crippen LogP contribution in [0.1, 0.15) is 72.1 Å². The Morgan fingerprint density at radius 2 is 1.55 bits per heavy atom. The largest absolute Gasteiger partial charge is 0.401 e. The molecule has 0 amide bonds. The standard InChI is InChI=1S/C31H41F3O3Si/c1-30(2,3)38(27-18-10-7-11-19-27,28-20-12-8-13-21-28)37-26(25-36-29-22-14-16-24-35-29)17-9-5-4-6-15-23-31(32,33)34/h7-8,10-13,18-21,26,29H,4,6,14-17,22-25H2,1-3H3. The van der Waals surface area contributed by atoms with E-state index >= 15 is 0 Å². The van der Waals surface area contributed by atoms with Crippen LogP contribution in [0.3, 0.4) is 0 Å². The molecule has 0 spiro atoms. The third-order valence-electron chi connectivity index (χ3n) is 6.83. The van der Waals surface area contributed by atoms with Crippen LogP contribution in [-0.4, -0.2) is 40.1 Å². The van der Waals surface area contributed by atoms with E-state index in [4.69, 9.17) is 13.9 Å². The van der Waals surface area contributed by atoms with E-state index in [-0.39, 0.29) is 23.9 Å². The lowest BCUT2D eigenvalue weighted by atomic mass is 10.2. The second kappa shape index (κ2) is 14.3. The van der Waals surface area contributed by atoms with Gasteiger partial charge in [-0.1, -0.05) is 81.4 Å². The lowest BCUT2D eigenvalue weighted by Crippen LogP contribution is -2.68. The minimum atomic E-state index is -4.11. The van der Waals surface area contributed by atoms with Gasteiger partial charge in [-0.2, -0.15) is 13.2 Å². The van der Waals surface area contributed by atoms with E-state index in [1.165, 1.54) is 10.4 Å². The summed E-state index contributed by atoms with van der Waals surface area (Å²) in [5.74, 6) is 6.27. The van der Waals surface area contributed by atoms with E-state index in [9.17, 15) is 13.2 Å². The SMILES string of the molecule is CC(C)(C)[Si](OC(CC#CCCCCC(F)(F)F)COC1CCCCO1)(c1ccccc1)c1ccccc1. The summed E-state index contributed by atoms with van der Waals surface area (Å²) in [5, 5.41) is 2.16. The van der Waals surface area contributed by atoms with Gasteiger partial charge in [0.25, 0.3) is 8.32 Å². The Morgan fingerprint density at radius 3 is 2.08 bits per heavy atom. The van der Waals surface area contributed by atoms with Gasteiger partial charge in [0.15, 0.2) is 6.29 Å². The Balaban J connectivity index is 1.85. The number of rotatable bonds is 11. The second-order valence-corrected chi connectivity index (χ2v) is 15.2. The number of ether oxygens (including phenoxy) is 2. The first-order valence-corrected chi connectivity index (χ1v) is 15.6. The molecule has 2 unspecified atom stereocenters. The molecule has 1 saturated heterocycles. The molecule has 2 aromatic carbocycles. The Labute approximate surface area is 227 Å². The number of hydrogen-bond donors (Lipinski definition) is 0. The average Bonchev–Trinajstić information content (AvgIpc) is 2.89. The van der Waals surface area contributed by atoms with Crippen molar-refractivity contribution in [3.8, 4) is 11.8 Å². The van der Waals surface area contributed by atoms with Crippen LogP contribution in [0.2, 0.25) is 5.04 Å². The Morgan fingerprint density at radius 1 is 0.921 bits per heavy atom. The van der Waals surface area contributed by atoms with Gasteiger partial charge in [-0.3, -0.25) is 0 Å². The highest BCUT2D eigenvalue weighted by molar-refractivity contribution is 6.99. The van der Waals surface area contributed by atoms with Gasteiger partial charge in [-0.25, -0.2) is 0 Å². The summed E-state index contributed by atoms with van der Waals surface area (Å²) < 4.78 is 56.5. The van der Waals surface area contributed by atoms with E-state index in [1.54, 1.807) is 0 Å². The predicted molar refractivity (Wildman–Crippen MR) is 149 cm³/mol. The number of halogens is 3. The summed E-state index contributed by atoms with van der Waals surface area (Å²) in [6, 6.07) is 20.8. The van der Waals surface area contributed by atoms with Crippen molar-refractivity contribution < 1.29 is 27.1 Å². The maximum absolute atomic E-state index is 12.4. The summed E-state index contributed by atoms with van der Waals surface area (Å²) in [4.78, 5) is 0. The van der Waals surface area contributed by atoms with E-state index in [0.29, 0.717) is 32.5 Å². The monoisotopic (exact) mass is 546 g/mol. The second-order valence-electron chi connectivity index (χ2n) is 10.9. The highest BCUT2D eigenvalue weighted by atomic mass is 28.4. The molecule has 0 aliphatic carbocycles. The van der Waals surface area contributed by atoms with Gasteiger partial charge in [0, 0.05) is 25.9 Å². The lowest BCUT2D eigenvalue weighted by molar-refractivity contribution is -0.173. The van der Waals surface area contributed by atoms with E-state index in [0.717, 1.165) is 19.3 Å². The summed E-state index contributed by atoms with van der Waals surface area (Å²) in [6.07, 6.45) is -1.04. The van der Waals surface area contributed by atoms with Gasteiger partial charge < -0.3 is 13.9 Å².